The van der Waals surface area contributed by atoms with Crippen molar-refractivity contribution in [1.82, 2.24) is 9.29 Å². The number of nitrogens with zero attached hydrogens (tertiary/aromatic N) is 3. The van der Waals surface area contributed by atoms with Gasteiger partial charge in [-0.2, -0.15) is 22.7 Å². The van der Waals surface area contributed by atoms with Gasteiger partial charge in [0.25, 0.3) is 0 Å². The van der Waals surface area contributed by atoms with E-state index < -0.39 is 33.7 Å². The molecule has 26 heavy (non-hydrogen) atoms. The predicted octanol–water partition coefficient (Wildman–Crippen LogP) is 3.58. The maximum atomic E-state index is 13.8. The van der Waals surface area contributed by atoms with Crippen molar-refractivity contribution < 1.29 is 21.6 Å². The fraction of sp³-hybridized carbons (Fsp3) is 0.294. The normalized spacial score (nSPS) is 13.4. The Kier molecular flexibility index (Phi) is 5.68. The van der Waals surface area contributed by atoms with Crippen molar-refractivity contribution in [3.05, 3.63) is 59.4 Å². The van der Waals surface area contributed by atoms with Crippen LogP contribution in [0.25, 0.3) is 0 Å². The molecule has 0 saturated heterocycles. The number of rotatable bonds is 5. The molecule has 0 amide bonds. The van der Waals surface area contributed by atoms with Gasteiger partial charge in [-0.1, -0.05) is 36.8 Å². The molecule has 9 heteroatoms. The molecule has 0 radical (unpaired) electrons. The highest BCUT2D eigenvalue weighted by atomic mass is 32.2. The molecule has 0 aliphatic rings. The lowest BCUT2D eigenvalue weighted by atomic mass is 10.0. The minimum absolute atomic E-state index is 0.0544. The highest BCUT2D eigenvalue weighted by Crippen LogP contribution is 2.40. The summed E-state index contributed by atoms with van der Waals surface area (Å²) in [6.45, 7) is 2.55. The van der Waals surface area contributed by atoms with Crippen molar-refractivity contribution in [3.63, 3.8) is 0 Å². The smallest absolute Gasteiger partial charge is 0.262 e. The van der Waals surface area contributed by atoms with Gasteiger partial charge in [0.05, 0.1) is 5.56 Å². The Balaban J connectivity index is 2.62. The average Bonchev–Trinajstić information content (AvgIpc) is 2.58. The lowest BCUT2D eigenvalue weighted by Gasteiger charge is -2.32. The second-order valence-electron chi connectivity index (χ2n) is 5.59. The van der Waals surface area contributed by atoms with E-state index in [2.05, 4.69) is 4.98 Å². The Labute approximate surface area is 149 Å². The Morgan fingerprint density at radius 2 is 1.96 bits per heavy atom. The van der Waals surface area contributed by atoms with E-state index in [4.69, 9.17) is 5.26 Å². The maximum absolute atomic E-state index is 13.8. The van der Waals surface area contributed by atoms with Crippen molar-refractivity contribution in [2.45, 2.75) is 31.0 Å². The third-order valence-corrected chi connectivity index (χ3v) is 5.62. The van der Waals surface area contributed by atoms with Crippen LogP contribution in [0.5, 0.6) is 0 Å². The average molecular weight is 383 g/mol. The summed E-state index contributed by atoms with van der Waals surface area (Å²) in [6, 6.07) is 6.01. The van der Waals surface area contributed by atoms with Gasteiger partial charge < -0.3 is 0 Å². The van der Waals surface area contributed by atoms with E-state index in [0.29, 0.717) is 9.87 Å². The van der Waals surface area contributed by atoms with E-state index in [0.717, 1.165) is 18.5 Å². The Morgan fingerprint density at radius 3 is 2.50 bits per heavy atom. The number of aromatic nitrogens is 1. The van der Waals surface area contributed by atoms with Gasteiger partial charge in [-0.05, 0) is 18.6 Å². The van der Waals surface area contributed by atoms with Gasteiger partial charge in [-0.3, -0.25) is 4.98 Å². The summed E-state index contributed by atoms with van der Waals surface area (Å²) in [4.78, 5) is 3.18. The highest BCUT2D eigenvalue weighted by Gasteiger charge is 2.48. The molecule has 0 aliphatic carbocycles. The standard InChI is InChI=1S/C17H16F3N3O2S/c1-3-23(26(24,25)15-8-13(9-21)10-22-11-15)16(17(18,19)20)14-6-4-5-12(2)7-14/h4-8,10-11,16H,3H2,1-2H3/t16-/m0/s1. The van der Waals surface area contributed by atoms with Gasteiger partial charge in [-0.25, -0.2) is 8.42 Å². The monoisotopic (exact) mass is 383 g/mol. The second-order valence-corrected chi connectivity index (χ2v) is 7.48. The molecule has 0 bridgehead atoms. The van der Waals surface area contributed by atoms with Gasteiger partial charge in [0.1, 0.15) is 17.0 Å². The summed E-state index contributed by atoms with van der Waals surface area (Å²) in [5.41, 5.74) is 0.354. The van der Waals surface area contributed by atoms with E-state index in [1.54, 1.807) is 19.1 Å². The Morgan fingerprint density at radius 1 is 1.27 bits per heavy atom. The summed E-state index contributed by atoms with van der Waals surface area (Å²) < 4.78 is 67.5. The molecule has 0 fully saturated rings. The number of aryl methyl sites for hydroxylation is 1. The fourth-order valence-corrected chi connectivity index (χ4v) is 4.21. The number of pyridine rings is 1. The van der Waals surface area contributed by atoms with Crippen LogP contribution < -0.4 is 0 Å². The first-order chi connectivity index (χ1) is 12.1. The zero-order chi connectivity index (χ0) is 19.5. The quantitative estimate of drug-likeness (QED) is 0.791. The van der Waals surface area contributed by atoms with Gasteiger partial charge >= 0.3 is 6.18 Å². The maximum Gasteiger partial charge on any atom is 0.409 e. The van der Waals surface area contributed by atoms with Crippen LogP contribution in [0.2, 0.25) is 0 Å². The van der Waals surface area contributed by atoms with E-state index in [1.807, 2.05) is 0 Å². The van der Waals surface area contributed by atoms with Crippen LogP contribution in [0.4, 0.5) is 13.2 Å². The molecule has 0 unspecified atom stereocenters. The number of hydrogen-bond donors (Lipinski definition) is 0. The van der Waals surface area contributed by atoms with Crippen LogP contribution >= 0.6 is 0 Å². The number of halogens is 3. The minimum Gasteiger partial charge on any atom is -0.262 e. The van der Waals surface area contributed by atoms with Crippen LogP contribution in [-0.4, -0.2) is 30.4 Å². The summed E-state index contributed by atoms with van der Waals surface area (Å²) in [5.74, 6) is 0. The molecule has 2 aromatic rings. The molecule has 138 valence electrons. The molecule has 2 rings (SSSR count). The third-order valence-electron chi connectivity index (χ3n) is 3.72. The highest BCUT2D eigenvalue weighted by molar-refractivity contribution is 7.89. The van der Waals surface area contributed by atoms with Gasteiger partial charge in [0.2, 0.25) is 10.0 Å². The van der Waals surface area contributed by atoms with Crippen LogP contribution in [0.1, 0.15) is 29.7 Å². The first-order valence-corrected chi connectivity index (χ1v) is 9.05. The van der Waals surface area contributed by atoms with Crippen LogP contribution in [0.3, 0.4) is 0 Å². The molecular formula is C17H16F3N3O2S. The number of nitriles is 1. The molecule has 0 aliphatic heterocycles. The Bertz CT molecular complexity index is 937. The van der Waals surface area contributed by atoms with E-state index in [-0.39, 0.29) is 11.1 Å². The molecular weight excluding hydrogens is 367 g/mol. The van der Waals surface area contributed by atoms with Crippen molar-refractivity contribution >= 4 is 10.0 Å². The lowest BCUT2D eigenvalue weighted by molar-refractivity contribution is -0.173. The molecule has 0 saturated carbocycles. The topological polar surface area (TPSA) is 74.1 Å². The molecule has 1 heterocycles. The van der Waals surface area contributed by atoms with E-state index in [9.17, 15) is 21.6 Å². The first-order valence-electron chi connectivity index (χ1n) is 7.61. The molecule has 1 aromatic heterocycles. The molecule has 5 nitrogen and oxygen atoms in total. The SMILES string of the molecule is CCN([C@@H](c1cccc(C)c1)C(F)(F)F)S(=O)(=O)c1cncc(C#N)c1. The minimum atomic E-state index is -4.82. The number of sulfonamides is 1. The summed E-state index contributed by atoms with van der Waals surface area (Å²) in [6.07, 6.45) is -2.75. The van der Waals surface area contributed by atoms with Crippen LogP contribution in [0, 0.1) is 18.3 Å². The predicted molar refractivity (Wildman–Crippen MR) is 88.5 cm³/mol. The zero-order valence-corrected chi connectivity index (χ0v) is 14.8. The van der Waals surface area contributed by atoms with Crippen molar-refractivity contribution in [3.8, 4) is 6.07 Å². The molecule has 0 spiro atoms. The van der Waals surface area contributed by atoms with Crippen molar-refractivity contribution in [2.75, 3.05) is 6.54 Å². The van der Waals surface area contributed by atoms with Crippen LogP contribution in [0.15, 0.2) is 47.6 Å². The Hall–Kier alpha value is -2.44. The first kappa shape index (κ1) is 19.9. The van der Waals surface area contributed by atoms with E-state index in [1.165, 1.54) is 25.1 Å². The lowest BCUT2D eigenvalue weighted by Crippen LogP contribution is -2.42. The number of benzene rings is 1. The number of hydrogen-bond acceptors (Lipinski definition) is 4. The molecule has 0 N–H and O–H groups in total. The molecule has 1 atom stereocenters. The van der Waals surface area contributed by atoms with E-state index >= 15 is 0 Å². The van der Waals surface area contributed by atoms with Crippen molar-refractivity contribution in [1.29, 1.82) is 5.26 Å². The summed E-state index contributed by atoms with van der Waals surface area (Å²) in [7, 11) is -4.53. The summed E-state index contributed by atoms with van der Waals surface area (Å²) >= 11 is 0. The van der Waals surface area contributed by atoms with Crippen molar-refractivity contribution in [2.24, 2.45) is 0 Å². The van der Waals surface area contributed by atoms with Crippen LogP contribution in [-0.2, 0) is 10.0 Å². The zero-order valence-electron chi connectivity index (χ0n) is 14.0. The van der Waals surface area contributed by atoms with Gasteiger partial charge in [-0.15, -0.1) is 0 Å². The number of alkyl halides is 3. The second kappa shape index (κ2) is 7.43. The summed E-state index contributed by atoms with van der Waals surface area (Å²) in [5, 5.41) is 8.89. The largest absolute Gasteiger partial charge is 0.409 e. The fourth-order valence-electron chi connectivity index (χ4n) is 2.61. The third kappa shape index (κ3) is 4.03. The molecule has 1 aromatic carbocycles. The van der Waals surface area contributed by atoms with Gasteiger partial charge in [0.15, 0.2) is 0 Å². The van der Waals surface area contributed by atoms with Gasteiger partial charge in [0, 0.05) is 18.9 Å².